The first-order valence-electron chi connectivity index (χ1n) is 31.4. The van der Waals surface area contributed by atoms with Crippen LogP contribution in [0.15, 0.2) is 97.1 Å². The van der Waals surface area contributed by atoms with Crippen LogP contribution in [-0.4, -0.2) is 222 Å². The van der Waals surface area contributed by atoms with Crippen molar-refractivity contribution in [2.45, 2.75) is 131 Å². The summed E-state index contributed by atoms with van der Waals surface area (Å²) < 4.78 is 73.4. The van der Waals surface area contributed by atoms with E-state index in [-0.39, 0.29) is 22.7 Å². The second-order valence-corrected chi connectivity index (χ2v) is 26.1. The minimum atomic E-state index is -2.67. The van der Waals surface area contributed by atoms with E-state index in [9.17, 15) is 26.4 Å². The summed E-state index contributed by atoms with van der Waals surface area (Å²) in [5, 5.41) is 3.35. The number of likely N-dealkylation sites (N-methyl/N-ethyl adjacent to an activating group) is 6. The van der Waals surface area contributed by atoms with Crippen molar-refractivity contribution in [2.24, 2.45) is 5.92 Å². The van der Waals surface area contributed by atoms with Crippen LogP contribution >= 0.6 is 11.6 Å². The van der Waals surface area contributed by atoms with Crippen molar-refractivity contribution in [2.75, 3.05) is 154 Å². The number of nitrogens with one attached hydrogen (secondary N) is 1. The zero-order chi connectivity index (χ0) is 65.7. The molecule has 0 unspecified atom stereocenters. The molecule has 3 heterocycles. The molecule has 1 N–H and O–H groups in total. The van der Waals surface area contributed by atoms with Gasteiger partial charge in [-0.15, -0.1) is 0 Å². The fraction of sp³-hybridized carbons (Fsp3) is 0.638. The van der Waals surface area contributed by atoms with E-state index in [0.29, 0.717) is 12.2 Å². The van der Waals surface area contributed by atoms with E-state index in [0.717, 1.165) is 152 Å². The van der Waals surface area contributed by atoms with Crippen LogP contribution in [0, 0.1) is 23.4 Å². The summed E-state index contributed by atoms with van der Waals surface area (Å²) in [6, 6.07) is 30.1. The van der Waals surface area contributed by atoms with Crippen LogP contribution in [0.3, 0.4) is 0 Å². The molecule has 0 atom stereocenters. The van der Waals surface area contributed by atoms with Gasteiger partial charge in [0.1, 0.15) is 33.3 Å². The molecule has 2 aliphatic carbocycles. The maximum Gasteiger partial charge on any atom is 0.159 e. The lowest BCUT2D eigenvalue weighted by molar-refractivity contribution is -0.115. The number of sulfone groups is 1. The maximum atomic E-state index is 12.5. The summed E-state index contributed by atoms with van der Waals surface area (Å²) in [5.41, 5.74) is 3.29. The lowest BCUT2D eigenvalue weighted by atomic mass is 10.2. The Morgan fingerprint density at radius 3 is 1.23 bits per heavy atom. The quantitative estimate of drug-likeness (QED) is 0.154. The van der Waals surface area contributed by atoms with Crippen molar-refractivity contribution in [3.63, 3.8) is 0 Å². The molecule has 3 aliphatic heterocycles. The summed E-state index contributed by atoms with van der Waals surface area (Å²) >= 11 is 5.52. The van der Waals surface area contributed by atoms with Gasteiger partial charge in [-0.05, 0) is 161 Å². The van der Waals surface area contributed by atoms with Gasteiger partial charge < -0.3 is 53.7 Å². The number of carbonyl (C=O) groups excluding carboxylic acids is 1. The van der Waals surface area contributed by atoms with Crippen LogP contribution < -0.4 is 10.1 Å². The van der Waals surface area contributed by atoms with Crippen LogP contribution in [0.25, 0.3) is 0 Å². The van der Waals surface area contributed by atoms with Crippen molar-refractivity contribution in [1.29, 1.82) is 0 Å². The summed E-state index contributed by atoms with van der Waals surface area (Å²) in [6.07, 6.45) is 14.8. The van der Waals surface area contributed by atoms with Crippen molar-refractivity contribution in [3.05, 3.63) is 136 Å². The van der Waals surface area contributed by atoms with Crippen molar-refractivity contribution < 1.29 is 40.6 Å². The molecule has 0 radical (unpaired) electrons. The highest BCUT2D eigenvalue weighted by Crippen LogP contribution is 2.33. The van der Waals surface area contributed by atoms with E-state index < -0.39 is 21.5 Å². The predicted octanol–water partition coefficient (Wildman–Crippen LogP) is 12.1. The van der Waals surface area contributed by atoms with E-state index in [4.69, 9.17) is 25.8 Å². The Morgan fingerprint density at radius 2 is 0.931 bits per heavy atom. The molecule has 9 rings (SSSR count). The zero-order valence-electron chi connectivity index (χ0n) is 56.7. The molecule has 4 aromatic rings. The molecule has 0 spiro atoms. The number of halogens is 4. The average Bonchev–Trinajstić information content (AvgIpc) is 4.62. The van der Waals surface area contributed by atoms with Crippen LogP contribution in [0.4, 0.5) is 13.2 Å². The standard InChI is InChI=1S/C13H20N2O.C9H20N2O.C8H8ClF.C8H8F2.C8H18N2O.C8H10.C6H12.C4H9N.C3H6O.C2H6O2S/c1-14-8-9-15(2)11-13(10-14)16-12-6-4-3-5-7-12;1-4-12-9-7-10(2)5-6-11(3)8-9;1-2-6-3-4-8(10)7(9)5-6;1-2-6-3-4-7(9)8(10)5-6;1-9-4-5-10(2)7-8(6-9)11-3;1-2-8-6-4-3-5-7-8;1-2-3-6-4-5-6;1-5-4-2-3-4;1-3(2)4;1-5(2,3)4/h3-7,13H,8-11H2,1-2H3;9H,4-8H2,1-3H3;2*3-5H,2H2,1H3;8H,4-7H2,1-3H3;3-7H,2H2,1H3;6H,2-5H2,1H3;4-5H,2-3H2,1H3;1-2H3;1-2H3. The Kier molecular flexibility index (Phi) is 47.5. The Morgan fingerprint density at radius 1 is 0.552 bits per heavy atom. The third kappa shape index (κ3) is 49.5. The molecule has 498 valence electrons. The van der Waals surface area contributed by atoms with Crippen LogP contribution in [0.5, 0.6) is 5.75 Å². The molecule has 0 aromatic heterocycles. The lowest BCUT2D eigenvalue weighted by Gasteiger charge is -2.22. The van der Waals surface area contributed by atoms with Crippen molar-refractivity contribution in [3.8, 4) is 5.75 Å². The number of carbonyl (C=O) groups is 1. The summed E-state index contributed by atoms with van der Waals surface area (Å²) in [6.45, 7) is 27.3. The zero-order valence-corrected chi connectivity index (χ0v) is 58.3. The molecule has 2 saturated carbocycles. The van der Waals surface area contributed by atoms with E-state index in [2.05, 4.69) is 122 Å². The first-order chi connectivity index (χ1) is 41.2. The third-order valence-electron chi connectivity index (χ3n) is 13.9. The average molecular weight is 1270 g/mol. The number of ether oxygens (including phenoxy) is 3. The first-order valence-corrected chi connectivity index (χ1v) is 34.0. The van der Waals surface area contributed by atoms with Gasteiger partial charge in [-0.1, -0.05) is 126 Å². The Balaban J connectivity index is 0.000000968. The number of para-hydroxylation sites is 1. The van der Waals surface area contributed by atoms with Gasteiger partial charge >= 0.3 is 0 Å². The highest BCUT2D eigenvalue weighted by molar-refractivity contribution is 7.89. The Labute approximate surface area is 532 Å². The monoisotopic (exact) mass is 1260 g/mol. The number of hydrogen-bond donors (Lipinski definition) is 1. The van der Waals surface area contributed by atoms with Crippen molar-refractivity contribution >= 4 is 27.2 Å². The smallest absolute Gasteiger partial charge is 0.159 e. The summed E-state index contributed by atoms with van der Waals surface area (Å²) in [5.74, 6) is 0.390. The lowest BCUT2D eigenvalue weighted by Crippen LogP contribution is -2.35. The number of methoxy groups -OCH3 is 1. The van der Waals surface area contributed by atoms with Crippen LogP contribution in [0.1, 0.15) is 104 Å². The number of hydrogen-bond acceptors (Lipinski definition) is 13. The van der Waals surface area contributed by atoms with Gasteiger partial charge in [0.2, 0.25) is 0 Å². The van der Waals surface area contributed by atoms with Gasteiger partial charge in [0.05, 0.1) is 17.2 Å². The fourth-order valence-electron chi connectivity index (χ4n) is 8.51. The van der Waals surface area contributed by atoms with Crippen LogP contribution in [-0.2, 0) is 43.4 Å². The number of nitrogens with zero attached hydrogens (tertiary/aromatic N) is 6. The Bertz CT molecular complexity index is 2330. The molecule has 18 heteroatoms. The second-order valence-electron chi connectivity index (χ2n) is 23.5. The van der Waals surface area contributed by atoms with Gasteiger partial charge in [0, 0.05) is 111 Å². The van der Waals surface area contributed by atoms with Crippen LogP contribution in [0.2, 0.25) is 5.02 Å². The van der Waals surface area contributed by atoms with E-state index >= 15 is 0 Å². The largest absolute Gasteiger partial charge is 0.488 e. The SMILES string of the molecule is CC(C)=O.CCCC1CC1.CCOC1CN(C)CCN(C)C1.CCc1ccc(F)c(Cl)c1.CCc1ccc(F)c(F)c1.CCc1ccccc1.CN1CCN(C)CC(Oc2ccccc2)C1.CNC1CC1.COC1CN(C)CCN(C)C1.CS(C)(=O)=O. The number of rotatable bonds is 11. The molecule has 5 fully saturated rings. The molecule has 0 amide bonds. The predicted molar refractivity (Wildman–Crippen MR) is 361 cm³/mol. The van der Waals surface area contributed by atoms with E-state index in [1.807, 2.05) is 57.3 Å². The van der Waals surface area contributed by atoms with Gasteiger partial charge in [-0.2, -0.15) is 0 Å². The highest BCUT2D eigenvalue weighted by atomic mass is 35.5. The minimum Gasteiger partial charge on any atom is -0.488 e. The second kappa shape index (κ2) is 49.8. The fourth-order valence-corrected chi connectivity index (χ4v) is 8.71. The summed E-state index contributed by atoms with van der Waals surface area (Å²) in [7, 11) is 14.0. The van der Waals surface area contributed by atoms with Gasteiger partial charge in [-0.25, -0.2) is 21.6 Å². The molecule has 87 heavy (non-hydrogen) atoms. The summed E-state index contributed by atoms with van der Waals surface area (Å²) in [4.78, 5) is 23.4. The molecule has 3 saturated heterocycles. The topological polar surface area (TPSA) is 110 Å². The number of benzene rings is 4. The third-order valence-corrected chi connectivity index (χ3v) is 14.2. The van der Waals surface area contributed by atoms with Crippen molar-refractivity contribution in [1.82, 2.24) is 34.7 Å². The molecule has 5 aliphatic rings. The van der Waals surface area contributed by atoms with Gasteiger partial charge in [-0.3, -0.25) is 0 Å². The van der Waals surface area contributed by atoms with Gasteiger partial charge in [0.25, 0.3) is 0 Å². The maximum absolute atomic E-state index is 12.5. The van der Waals surface area contributed by atoms with E-state index in [1.54, 1.807) is 25.3 Å². The normalized spacial score (nSPS) is 17.3. The number of ketones is 1. The number of Topliss-reactive ketones (excluding diaryl/α,β-unsaturated/α-hetero) is 1. The number of aryl methyl sites for hydroxylation is 3. The first kappa shape index (κ1) is 83.0. The Hall–Kier alpha value is -3.98. The van der Waals surface area contributed by atoms with Gasteiger partial charge in [0.15, 0.2) is 11.6 Å². The molecule has 4 aromatic carbocycles. The van der Waals surface area contributed by atoms with E-state index in [1.165, 1.54) is 70.1 Å². The molecular weight excluding hydrogens is 1150 g/mol. The molecular formula is C69H117ClF3N7O6S. The molecule has 0 bridgehead atoms. The minimum absolute atomic E-state index is 0.167. The highest BCUT2D eigenvalue weighted by Gasteiger charge is 2.22. The molecule has 13 nitrogen and oxygen atoms in total.